The van der Waals surface area contributed by atoms with Crippen molar-refractivity contribution in [2.45, 2.75) is 19.4 Å². The molecule has 23 heavy (non-hydrogen) atoms. The number of carbonyl (C=O) groups excluding carboxylic acids is 1. The number of para-hydroxylation sites is 1. The van der Waals surface area contributed by atoms with Crippen molar-refractivity contribution in [3.8, 4) is 0 Å². The van der Waals surface area contributed by atoms with Crippen molar-refractivity contribution in [3.05, 3.63) is 42.1 Å². The Morgan fingerprint density at radius 2 is 2.17 bits per heavy atom. The van der Waals surface area contributed by atoms with Gasteiger partial charge in [0.2, 0.25) is 5.91 Å². The molecule has 2 aromatic rings. The molecular formula is C18H24N4O. The van der Waals surface area contributed by atoms with Gasteiger partial charge in [-0.2, -0.15) is 0 Å². The molecule has 0 aliphatic carbocycles. The van der Waals surface area contributed by atoms with Crippen LogP contribution < -0.4 is 11.1 Å². The van der Waals surface area contributed by atoms with Crippen LogP contribution in [0.15, 0.2) is 36.4 Å². The van der Waals surface area contributed by atoms with Gasteiger partial charge in [-0.15, -0.1) is 0 Å². The monoisotopic (exact) mass is 312 g/mol. The van der Waals surface area contributed by atoms with Crippen molar-refractivity contribution < 1.29 is 4.79 Å². The maximum atomic E-state index is 12.1. The van der Waals surface area contributed by atoms with E-state index in [0.717, 1.165) is 49.1 Å². The first-order chi connectivity index (χ1) is 11.3. The zero-order chi connectivity index (χ0) is 16.1. The van der Waals surface area contributed by atoms with Gasteiger partial charge in [-0.3, -0.25) is 14.7 Å². The number of pyridine rings is 1. The van der Waals surface area contributed by atoms with Crippen molar-refractivity contribution in [1.29, 1.82) is 0 Å². The average molecular weight is 312 g/mol. The number of nitrogens with zero attached hydrogens (tertiary/aromatic N) is 2. The Bertz CT molecular complexity index is 673. The Labute approximate surface area is 136 Å². The van der Waals surface area contributed by atoms with Crippen molar-refractivity contribution in [2.24, 2.45) is 11.7 Å². The van der Waals surface area contributed by atoms with E-state index in [4.69, 9.17) is 10.7 Å². The van der Waals surface area contributed by atoms with Gasteiger partial charge in [0.05, 0.1) is 17.1 Å². The highest BCUT2D eigenvalue weighted by Gasteiger charge is 2.25. The van der Waals surface area contributed by atoms with E-state index < -0.39 is 0 Å². The molecule has 0 bridgehead atoms. The lowest BCUT2D eigenvalue weighted by molar-refractivity contribution is -0.126. The molecule has 0 spiro atoms. The van der Waals surface area contributed by atoms with Crippen molar-refractivity contribution in [3.63, 3.8) is 0 Å². The van der Waals surface area contributed by atoms with E-state index in [1.54, 1.807) is 0 Å². The Hall–Kier alpha value is -1.98. The zero-order valence-electron chi connectivity index (χ0n) is 13.4. The van der Waals surface area contributed by atoms with Crippen LogP contribution >= 0.6 is 0 Å². The highest BCUT2D eigenvalue weighted by molar-refractivity contribution is 5.79. The summed E-state index contributed by atoms with van der Waals surface area (Å²) < 4.78 is 0. The number of hydrogen-bond donors (Lipinski definition) is 2. The fourth-order valence-electron chi connectivity index (χ4n) is 3.18. The zero-order valence-corrected chi connectivity index (χ0v) is 13.4. The molecule has 1 saturated heterocycles. The smallest absolute Gasteiger partial charge is 0.224 e. The summed E-state index contributed by atoms with van der Waals surface area (Å²) in [5, 5.41) is 4.07. The van der Waals surface area contributed by atoms with Gasteiger partial charge in [0, 0.05) is 31.6 Å². The summed E-state index contributed by atoms with van der Waals surface area (Å²) in [6.07, 6.45) is 2.01. The maximum Gasteiger partial charge on any atom is 0.224 e. The summed E-state index contributed by atoms with van der Waals surface area (Å²) in [4.78, 5) is 19.2. The molecule has 2 heterocycles. The molecule has 1 atom stereocenters. The van der Waals surface area contributed by atoms with Gasteiger partial charge >= 0.3 is 0 Å². The number of nitrogens with one attached hydrogen (secondary N) is 1. The van der Waals surface area contributed by atoms with E-state index in [2.05, 4.69) is 28.4 Å². The summed E-state index contributed by atoms with van der Waals surface area (Å²) in [6.45, 7) is 3.66. The van der Waals surface area contributed by atoms with Crippen LogP contribution in [0.2, 0.25) is 0 Å². The minimum absolute atomic E-state index is 0.0655. The molecule has 0 radical (unpaired) electrons. The van der Waals surface area contributed by atoms with Crippen molar-refractivity contribution in [1.82, 2.24) is 15.2 Å². The number of benzene rings is 1. The van der Waals surface area contributed by atoms with Gasteiger partial charge in [0.1, 0.15) is 0 Å². The van der Waals surface area contributed by atoms with Gasteiger partial charge in [0.15, 0.2) is 0 Å². The molecule has 122 valence electrons. The Kier molecular flexibility index (Phi) is 5.20. The van der Waals surface area contributed by atoms with Crippen LogP contribution in [-0.4, -0.2) is 42.0 Å². The average Bonchev–Trinajstić information content (AvgIpc) is 2.60. The second kappa shape index (κ2) is 7.53. The molecular weight excluding hydrogens is 288 g/mol. The third-order valence-electron chi connectivity index (χ3n) is 4.36. The number of rotatable bonds is 5. The molecule has 5 nitrogen and oxygen atoms in total. The Morgan fingerprint density at radius 3 is 3.04 bits per heavy atom. The van der Waals surface area contributed by atoms with Gasteiger partial charge < -0.3 is 11.1 Å². The summed E-state index contributed by atoms with van der Waals surface area (Å²) in [5.74, 6) is 0.197. The van der Waals surface area contributed by atoms with E-state index in [1.165, 1.54) is 0 Å². The third-order valence-corrected chi connectivity index (χ3v) is 4.36. The maximum absolute atomic E-state index is 12.1. The lowest BCUT2D eigenvalue weighted by Crippen LogP contribution is -2.43. The molecule has 1 fully saturated rings. The Balaban J connectivity index is 1.63. The van der Waals surface area contributed by atoms with Crippen LogP contribution in [0.4, 0.5) is 0 Å². The van der Waals surface area contributed by atoms with Gasteiger partial charge in [-0.05, 0) is 31.5 Å². The minimum atomic E-state index is 0.0655. The largest absolute Gasteiger partial charge is 0.355 e. The van der Waals surface area contributed by atoms with Crippen LogP contribution in [0.3, 0.4) is 0 Å². The fourth-order valence-corrected chi connectivity index (χ4v) is 3.18. The van der Waals surface area contributed by atoms with Crippen LogP contribution in [0, 0.1) is 5.92 Å². The number of nitrogens with two attached hydrogens (primary N) is 1. The first-order valence-electron chi connectivity index (χ1n) is 8.31. The minimum Gasteiger partial charge on any atom is -0.355 e. The van der Waals surface area contributed by atoms with Crippen molar-refractivity contribution in [2.75, 3.05) is 26.2 Å². The van der Waals surface area contributed by atoms with Gasteiger partial charge in [0.25, 0.3) is 0 Å². The van der Waals surface area contributed by atoms with E-state index in [-0.39, 0.29) is 11.8 Å². The standard InChI is InChI=1S/C18H24N4O/c19-9-10-20-18(23)15-5-3-11-22(12-15)13-16-8-7-14-4-1-2-6-17(14)21-16/h1-2,4,6-8,15H,3,5,9-13,19H2,(H,20,23). The number of aromatic nitrogens is 1. The van der Waals surface area contributed by atoms with Gasteiger partial charge in [-0.1, -0.05) is 24.3 Å². The second-order valence-corrected chi connectivity index (χ2v) is 6.15. The molecule has 5 heteroatoms. The summed E-state index contributed by atoms with van der Waals surface area (Å²) >= 11 is 0. The predicted molar refractivity (Wildman–Crippen MR) is 91.8 cm³/mol. The normalized spacial score (nSPS) is 18.9. The summed E-state index contributed by atoms with van der Waals surface area (Å²) in [5.41, 5.74) is 7.54. The van der Waals surface area contributed by atoms with Crippen LogP contribution in [-0.2, 0) is 11.3 Å². The number of hydrogen-bond acceptors (Lipinski definition) is 4. The second-order valence-electron chi connectivity index (χ2n) is 6.15. The predicted octanol–water partition coefficient (Wildman–Crippen LogP) is 1.52. The van der Waals surface area contributed by atoms with Crippen molar-refractivity contribution >= 4 is 16.8 Å². The molecule has 3 N–H and O–H groups in total. The lowest BCUT2D eigenvalue weighted by Gasteiger charge is -2.31. The number of carbonyl (C=O) groups is 1. The third kappa shape index (κ3) is 4.06. The first kappa shape index (κ1) is 15.9. The molecule has 1 aromatic carbocycles. The highest BCUT2D eigenvalue weighted by Crippen LogP contribution is 2.19. The molecule has 1 aliphatic heterocycles. The van der Waals surface area contributed by atoms with Crippen LogP contribution in [0.25, 0.3) is 10.9 Å². The molecule has 0 saturated carbocycles. The van der Waals surface area contributed by atoms with Gasteiger partial charge in [-0.25, -0.2) is 0 Å². The topological polar surface area (TPSA) is 71.2 Å². The first-order valence-corrected chi connectivity index (χ1v) is 8.31. The lowest BCUT2D eigenvalue weighted by atomic mass is 9.97. The summed E-state index contributed by atoms with van der Waals surface area (Å²) in [7, 11) is 0. The molecule has 3 rings (SSSR count). The van der Waals surface area contributed by atoms with E-state index in [1.807, 2.05) is 18.2 Å². The number of likely N-dealkylation sites (tertiary alicyclic amines) is 1. The number of piperidine rings is 1. The number of fused-ring (bicyclic) bond motifs is 1. The fraction of sp³-hybridized carbons (Fsp3) is 0.444. The molecule has 1 amide bonds. The quantitative estimate of drug-likeness (QED) is 0.878. The van der Waals surface area contributed by atoms with E-state index in [9.17, 15) is 4.79 Å². The van der Waals surface area contributed by atoms with Crippen LogP contribution in [0.5, 0.6) is 0 Å². The molecule has 1 aliphatic rings. The number of amides is 1. The molecule has 1 unspecified atom stereocenters. The highest BCUT2D eigenvalue weighted by atomic mass is 16.1. The SMILES string of the molecule is NCCNC(=O)C1CCCN(Cc2ccc3ccccc3n2)C1. The van der Waals surface area contributed by atoms with E-state index >= 15 is 0 Å². The summed E-state index contributed by atoms with van der Waals surface area (Å²) in [6, 6.07) is 12.4. The molecule has 1 aromatic heterocycles. The van der Waals surface area contributed by atoms with Crippen LogP contribution in [0.1, 0.15) is 18.5 Å². The van der Waals surface area contributed by atoms with E-state index in [0.29, 0.717) is 13.1 Å². The Morgan fingerprint density at radius 1 is 1.30 bits per heavy atom.